The maximum Gasteiger partial charge on any atom is 0.338 e. The third-order valence-electron chi connectivity index (χ3n) is 4.36. The zero-order chi connectivity index (χ0) is 20.8. The van der Waals surface area contributed by atoms with Gasteiger partial charge in [0.2, 0.25) is 0 Å². The fourth-order valence-electron chi connectivity index (χ4n) is 2.87. The molecule has 0 unspecified atom stereocenters. The average Bonchev–Trinajstić information content (AvgIpc) is 2.98. The minimum atomic E-state index is -0.530. The number of thiocarbonyl (C=S) groups is 1. The number of nitrogens with one attached hydrogen (secondary N) is 2. The fourth-order valence-corrected chi connectivity index (χ4v) is 4.05. The van der Waals surface area contributed by atoms with Crippen LogP contribution in [0.25, 0.3) is 6.08 Å². The number of carbonyl (C=O) groups excluding carboxylic acids is 2. The van der Waals surface area contributed by atoms with E-state index < -0.39 is 6.03 Å². The van der Waals surface area contributed by atoms with Gasteiger partial charge < -0.3 is 10.2 Å². The van der Waals surface area contributed by atoms with Gasteiger partial charge in [-0.2, -0.15) is 5.01 Å². The molecule has 0 aliphatic carbocycles. The average molecular weight is 427 g/mol. The van der Waals surface area contributed by atoms with Crippen LogP contribution < -0.4 is 15.6 Å². The quantitative estimate of drug-likeness (QED) is 0.527. The van der Waals surface area contributed by atoms with Crippen molar-refractivity contribution in [1.82, 2.24) is 10.4 Å². The number of hydrogen-bond acceptors (Lipinski definition) is 5. The van der Waals surface area contributed by atoms with E-state index in [2.05, 4.69) is 29.5 Å². The molecular formula is C21H22N4O2S2. The zero-order valence-corrected chi connectivity index (χ0v) is 17.8. The molecule has 1 aliphatic heterocycles. The van der Waals surface area contributed by atoms with Crippen LogP contribution >= 0.6 is 24.0 Å². The molecule has 2 aromatic rings. The van der Waals surface area contributed by atoms with Crippen LogP contribution in [0, 0.1) is 0 Å². The molecule has 150 valence electrons. The Kier molecular flexibility index (Phi) is 6.90. The smallest absolute Gasteiger partial charge is 0.338 e. The van der Waals surface area contributed by atoms with Gasteiger partial charge in [0.25, 0.3) is 5.91 Å². The fraction of sp³-hybridized carbons (Fsp3) is 0.190. The predicted octanol–water partition coefficient (Wildman–Crippen LogP) is 4.47. The number of para-hydroxylation sites is 1. The van der Waals surface area contributed by atoms with Crippen LogP contribution in [0.4, 0.5) is 16.2 Å². The van der Waals surface area contributed by atoms with Crippen LogP contribution in [0.5, 0.6) is 0 Å². The van der Waals surface area contributed by atoms with Gasteiger partial charge in [0.1, 0.15) is 0 Å². The second-order valence-corrected chi connectivity index (χ2v) is 7.89. The van der Waals surface area contributed by atoms with Crippen molar-refractivity contribution in [3.63, 3.8) is 0 Å². The van der Waals surface area contributed by atoms with Gasteiger partial charge in [-0.3, -0.25) is 4.79 Å². The largest absolute Gasteiger partial charge is 0.372 e. The molecule has 6 nitrogen and oxygen atoms in total. The van der Waals surface area contributed by atoms with Crippen LogP contribution in [-0.4, -0.2) is 34.4 Å². The molecule has 8 heteroatoms. The van der Waals surface area contributed by atoms with Crippen LogP contribution in [0.2, 0.25) is 0 Å². The SMILES string of the molecule is CCN(CC)c1ccc(C=C2SC(=S)N(NC(=O)Nc3ccccc3)C2=O)cc1. The molecule has 29 heavy (non-hydrogen) atoms. The van der Waals surface area contributed by atoms with E-state index in [4.69, 9.17) is 12.2 Å². The van der Waals surface area contributed by atoms with Crippen LogP contribution in [0.3, 0.4) is 0 Å². The summed E-state index contributed by atoms with van der Waals surface area (Å²) in [6.45, 7) is 6.10. The number of benzene rings is 2. The van der Waals surface area contributed by atoms with Crippen molar-refractivity contribution in [2.24, 2.45) is 0 Å². The standard InChI is InChI=1S/C21H22N4O2S2/c1-3-24(4-2)17-12-10-15(11-13-17)14-18-19(26)25(21(28)29-18)23-20(27)22-16-8-6-5-7-9-16/h5-14H,3-4H2,1-2H3,(H2,22,23,27). The van der Waals surface area contributed by atoms with E-state index in [1.807, 2.05) is 42.5 Å². The Morgan fingerprint density at radius 3 is 2.38 bits per heavy atom. The summed E-state index contributed by atoms with van der Waals surface area (Å²) < 4.78 is 0.282. The summed E-state index contributed by atoms with van der Waals surface area (Å²) in [6, 6.07) is 16.5. The Morgan fingerprint density at radius 1 is 1.10 bits per heavy atom. The maximum atomic E-state index is 12.7. The molecule has 2 aromatic carbocycles. The zero-order valence-electron chi connectivity index (χ0n) is 16.2. The maximum absolute atomic E-state index is 12.7. The number of hydrogen-bond donors (Lipinski definition) is 2. The molecule has 0 spiro atoms. The Balaban J connectivity index is 1.67. The van der Waals surface area contributed by atoms with E-state index in [1.165, 1.54) is 0 Å². The number of urea groups is 1. The van der Waals surface area contributed by atoms with Crippen molar-refractivity contribution >= 4 is 57.7 Å². The van der Waals surface area contributed by atoms with Gasteiger partial charge in [0, 0.05) is 24.5 Å². The first kappa shape index (κ1) is 20.9. The molecule has 1 heterocycles. The number of anilines is 2. The molecule has 0 radical (unpaired) electrons. The lowest BCUT2D eigenvalue weighted by molar-refractivity contribution is -0.123. The first-order chi connectivity index (χ1) is 14.0. The van der Waals surface area contributed by atoms with Crippen molar-refractivity contribution in [1.29, 1.82) is 0 Å². The van der Waals surface area contributed by atoms with Gasteiger partial charge in [-0.1, -0.05) is 42.1 Å². The monoisotopic (exact) mass is 426 g/mol. The van der Waals surface area contributed by atoms with Crippen molar-refractivity contribution in [3.05, 3.63) is 65.1 Å². The second-order valence-electron chi connectivity index (χ2n) is 6.21. The highest BCUT2D eigenvalue weighted by molar-refractivity contribution is 8.26. The normalized spacial score (nSPS) is 15.0. The summed E-state index contributed by atoms with van der Waals surface area (Å²) >= 11 is 6.42. The molecule has 1 aliphatic rings. The van der Waals surface area contributed by atoms with E-state index >= 15 is 0 Å². The highest BCUT2D eigenvalue weighted by Crippen LogP contribution is 2.31. The van der Waals surface area contributed by atoms with Gasteiger partial charge in [-0.25, -0.2) is 10.2 Å². The number of carbonyl (C=O) groups is 2. The Morgan fingerprint density at radius 2 is 1.76 bits per heavy atom. The molecular weight excluding hydrogens is 404 g/mol. The second kappa shape index (κ2) is 9.58. The Bertz CT molecular complexity index is 925. The van der Waals surface area contributed by atoms with Crippen molar-refractivity contribution < 1.29 is 9.59 Å². The van der Waals surface area contributed by atoms with E-state index in [0.29, 0.717) is 10.6 Å². The van der Waals surface area contributed by atoms with Crippen LogP contribution in [0.1, 0.15) is 19.4 Å². The summed E-state index contributed by atoms with van der Waals surface area (Å²) in [4.78, 5) is 27.6. The molecule has 0 atom stereocenters. The first-order valence-corrected chi connectivity index (χ1v) is 10.5. The summed E-state index contributed by atoms with van der Waals surface area (Å²) in [7, 11) is 0. The highest BCUT2D eigenvalue weighted by Gasteiger charge is 2.33. The first-order valence-electron chi connectivity index (χ1n) is 9.27. The van der Waals surface area contributed by atoms with E-state index in [9.17, 15) is 9.59 Å². The van der Waals surface area contributed by atoms with Gasteiger partial charge in [-0.15, -0.1) is 0 Å². The number of rotatable bonds is 6. The molecule has 0 aromatic heterocycles. The van der Waals surface area contributed by atoms with Gasteiger partial charge in [0.05, 0.1) is 4.91 Å². The number of amides is 3. The molecule has 3 amide bonds. The minimum absolute atomic E-state index is 0.282. The van der Waals surface area contributed by atoms with Crippen molar-refractivity contribution in [2.45, 2.75) is 13.8 Å². The molecule has 0 bridgehead atoms. The number of thioether (sulfide) groups is 1. The summed E-state index contributed by atoms with van der Waals surface area (Å²) in [6.07, 6.45) is 1.78. The minimum Gasteiger partial charge on any atom is -0.372 e. The van der Waals surface area contributed by atoms with Gasteiger partial charge in [-0.05, 0) is 62.0 Å². The molecule has 1 fully saturated rings. The molecule has 0 saturated carbocycles. The van der Waals surface area contributed by atoms with E-state index in [0.717, 1.165) is 41.1 Å². The predicted molar refractivity (Wildman–Crippen MR) is 124 cm³/mol. The Labute approximate surface area is 179 Å². The summed E-state index contributed by atoms with van der Waals surface area (Å²) in [5, 5.41) is 3.76. The van der Waals surface area contributed by atoms with Crippen molar-refractivity contribution in [2.75, 3.05) is 23.3 Å². The topological polar surface area (TPSA) is 64.7 Å². The van der Waals surface area contributed by atoms with E-state index in [-0.39, 0.29) is 10.2 Å². The lowest BCUT2D eigenvalue weighted by atomic mass is 10.1. The number of hydrazine groups is 1. The van der Waals surface area contributed by atoms with Gasteiger partial charge in [0.15, 0.2) is 4.32 Å². The third kappa shape index (κ3) is 5.16. The van der Waals surface area contributed by atoms with Gasteiger partial charge >= 0.3 is 6.03 Å². The van der Waals surface area contributed by atoms with E-state index in [1.54, 1.807) is 18.2 Å². The number of nitrogens with zero attached hydrogens (tertiary/aromatic N) is 2. The molecule has 3 rings (SSSR count). The molecule has 1 saturated heterocycles. The third-order valence-corrected chi connectivity index (χ3v) is 5.66. The van der Waals surface area contributed by atoms with Crippen molar-refractivity contribution in [3.8, 4) is 0 Å². The molecule has 2 N–H and O–H groups in total. The Hall–Kier alpha value is -2.84. The summed E-state index contributed by atoms with van der Waals surface area (Å²) in [5.41, 5.74) is 5.17. The highest BCUT2D eigenvalue weighted by atomic mass is 32.2. The lowest BCUT2D eigenvalue weighted by Gasteiger charge is -2.20. The van der Waals surface area contributed by atoms with Crippen LogP contribution in [-0.2, 0) is 4.79 Å². The summed E-state index contributed by atoms with van der Waals surface area (Å²) in [5.74, 6) is -0.351. The lowest BCUT2D eigenvalue weighted by Crippen LogP contribution is -2.46. The van der Waals surface area contributed by atoms with Crippen LogP contribution in [0.15, 0.2) is 59.5 Å².